The molecule has 1 aromatic carbocycles. The molecule has 0 bridgehead atoms. The molecular weight excluding hydrogens is 250 g/mol. The third kappa shape index (κ3) is 2.86. The van der Waals surface area contributed by atoms with Crippen LogP contribution in [0.25, 0.3) is 6.08 Å². The maximum atomic E-state index is 11.5. The standard InChI is InChI=1S/C13H11NO5/c15-10-4-2-1-3-9(10)5-8-13(18)19-14-11(16)6-7-12(14)17/h1-8,15-17H. The van der Waals surface area contributed by atoms with Gasteiger partial charge in [0.05, 0.1) is 0 Å². The number of nitrogens with zero attached hydrogens (tertiary/aromatic N) is 1. The average molecular weight is 261 g/mol. The SMILES string of the molecule is O=C(C=Cc1ccccc1O)On1c(O)ccc1O. The van der Waals surface area contributed by atoms with E-state index in [9.17, 15) is 20.1 Å². The summed E-state index contributed by atoms with van der Waals surface area (Å²) in [4.78, 5) is 16.2. The van der Waals surface area contributed by atoms with E-state index in [2.05, 4.69) is 4.84 Å². The predicted octanol–water partition coefficient (Wildman–Crippen LogP) is 1.27. The Kier molecular flexibility index (Phi) is 3.42. The van der Waals surface area contributed by atoms with Crippen molar-refractivity contribution >= 4 is 12.0 Å². The molecule has 1 aromatic heterocycles. The number of benzene rings is 1. The molecule has 98 valence electrons. The number of phenolic OH excluding ortho intramolecular Hbond substituents is 1. The summed E-state index contributed by atoms with van der Waals surface area (Å²) >= 11 is 0. The van der Waals surface area contributed by atoms with Crippen molar-refractivity contribution in [1.29, 1.82) is 0 Å². The van der Waals surface area contributed by atoms with E-state index in [0.717, 1.165) is 6.08 Å². The summed E-state index contributed by atoms with van der Waals surface area (Å²) in [5, 5.41) is 28.0. The van der Waals surface area contributed by atoms with Crippen LogP contribution in [0.5, 0.6) is 17.5 Å². The van der Waals surface area contributed by atoms with Gasteiger partial charge in [-0.05, 0) is 12.1 Å². The first-order valence-corrected chi connectivity index (χ1v) is 5.36. The van der Waals surface area contributed by atoms with Gasteiger partial charge in [0.1, 0.15) is 5.75 Å². The molecule has 0 aliphatic heterocycles. The highest BCUT2D eigenvalue weighted by Gasteiger charge is 2.09. The van der Waals surface area contributed by atoms with Crippen molar-refractivity contribution < 1.29 is 25.0 Å². The highest BCUT2D eigenvalue weighted by Crippen LogP contribution is 2.19. The van der Waals surface area contributed by atoms with Gasteiger partial charge in [-0.1, -0.05) is 18.2 Å². The van der Waals surface area contributed by atoms with E-state index < -0.39 is 17.7 Å². The quantitative estimate of drug-likeness (QED) is 0.724. The Bertz CT molecular complexity index is 610. The normalized spacial score (nSPS) is 10.7. The zero-order valence-electron chi connectivity index (χ0n) is 9.72. The van der Waals surface area contributed by atoms with Crippen LogP contribution in [-0.2, 0) is 4.79 Å². The number of phenols is 1. The minimum absolute atomic E-state index is 0.0261. The second-order valence-corrected chi connectivity index (χ2v) is 3.65. The topological polar surface area (TPSA) is 91.9 Å². The summed E-state index contributed by atoms with van der Waals surface area (Å²) in [5.74, 6) is -1.59. The van der Waals surface area contributed by atoms with Gasteiger partial charge in [0.15, 0.2) is 0 Å². The molecule has 0 spiro atoms. The molecule has 0 fully saturated rings. The lowest BCUT2D eigenvalue weighted by atomic mass is 10.2. The van der Waals surface area contributed by atoms with Crippen molar-refractivity contribution in [1.82, 2.24) is 4.73 Å². The number of carbonyl (C=O) groups excluding carboxylic acids is 1. The summed E-state index contributed by atoms with van der Waals surface area (Å²) in [6, 6.07) is 8.80. The van der Waals surface area contributed by atoms with Crippen LogP contribution in [0.4, 0.5) is 0 Å². The van der Waals surface area contributed by atoms with Crippen molar-refractivity contribution in [2.75, 3.05) is 0 Å². The van der Waals surface area contributed by atoms with Crippen molar-refractivity contribution in [2.45, 2.75) is 0 Å². The van der Waals surface area contributed by atoms with Crippen LogP contribution in [0.15, 0.2) is 42.5 Å². The second-order valence-electron chi connectivity index (χ2n) is 3.65. The monoisotopic (exact) mass is 261 g/mol. The first-order valence-electron chi connectivity index (χ1n) is 5.36. The number of para-hydroxylation sites is 1. The van der Waals surface area contributed by atoms with E-state index in [0.29, 0.717) is 10.3 Å². The summed E-state index contributed by atoms with van der Waals surface area (Å²) in [6.45, 7) is 0. The Hall–Kier alpha value is -2.89. The Labute approximate surface area is 108 Å². The van der Waals surface area contributed by atoms with Gasteiger partial charge in [-0.3, -0.25) is 0 Å². The Morgan fingerprint density at radius 2 is 1.68 bits per heavy atom. The van der Waals surface area contributed by atoms with E-state index >= 15 is 0 Å². The van der Waals surface area contributed by atoms with Crippen LogP contribution < -0.4 is 4.84 Å². The van der Waals surface area contributed by atoms with Crippen LogP contribution in [0.2, 0.25) is 0 Å². The summed E-state index contributed by atoms with van der Waals surface area (Å²) < 4.78 is 0.581. The van der Waals surface area contributed by atoms with Crippen LogP contribution >= 0.6 is 0 Å². The maximum absolute atomic E-state index is 11.5. The molecule has 1 heterocycles. The summed E-state index contributed by atoms with van der Waals surface area (Å²) in [5.41, 5.74) is 0.445. The lowest BCUT2D eigenvalue weighted by Gasteiger charge is -2.04. The highest BCUT2D eigenvalue weighted by molar-refractivity contribution is 5.87. The number of aromatic nitrogens is 1. The van der Waals surface area contributed by atoms with E-state index in [4.69, 9.17) is 0 Å². The molecule has 0 radical (unpaired) electrons. The molecule has 6 nitrogen and oxygen atoms in total. The summed E-state index contributed by atoms with van der Waals surface area (Å²) in [6.07, 6.45) is 2.42. The van der Waals surface area contributed by atoms with Crippen LogP contribution in [0.1, 0.15) is 5.56 Å². The smallest absolute Gasteiger partial charge is 0.356 e. The van der Waals surface area contributed by atoms with E-state index in [1.165, 1.54) is 24.3 Å². The fourth-order valence-electron chi connectivity index (χ4n) is 1.40. The second kappa shape index (κ2) is 5.18. The molecule has 6 heteroatoms. The lowest BCUT2D eigenvalue weighted by molar-refractivity contribution is -0.139. The van der Waals surface area contributed by atoms with Gasteiger partial charge in [0.2, 0.25) is 11.8 Å². The number of aromatic hydroxyl groups is 3. The van der Waals surface area contributed by atoms with Gasteiger partial charge < -0.3 is 20.2 Å². The van der Waals surface area contributed by atoms with Gasteiger partial charge in [-0.15, -0.1) is 4.73 Å². The fourth-order valence-corrected chi connectivity index (χ4v) is 1.40. The number of hydrogen-bond acceptors (Lipinski definition) is 5. The van der Waals surface area contributed by atoms with Crippen molar-refractivity contribution in [3.8, 4) is 17.5 Å². The molecule has 19 heavy (non-hydrogen) atoms. The number of hydrogen-bond donors (Lipinski definition) is 3. The molecule has 0 saturated heterocycles. The number of carbonyl (C=O) groups is 1. The molecule has 0 atom stereocenters. The third-order valence-corrected chi connectivity index (χ3v) is 2.31. The predicted molar refractivity (Wildman–Crippen MR) is 66.5 cm³/mol. The minimum atomic E-state index is -0.815. The Balaban J connectivity index is 2.08. The molecule has 0 unspecified atom stereocenters. The van der Waals surface area contributed by atoms with Crippen molar-refractivity contribution in [3.05, 3.63) is 48.0 Å². The van der Waals surface area contributed by atoms with Gasteiger partial charge >= 0.3 is 5.97 Å². The first kappa shape index (κ1) is 12.6. The maximum Gasteiger partial charge on any atom is 0.356 e. The summed E-state index contributed by atoms with van der Waals surface area (Å²) in [7, 11) is 0. The average Bonchev–Trinajstić information content (AvgIpc) is 2.70. The van der Waals surface area contributed by atoms with Gasteiger partial charge in [-0.2, -0.15) is 0 Å². The van der Waals surface area contributed by atoms with Gasteiger partial charge in [-0.25, -0.2) is 4.79 Å². The van der Waals surface area contributed by atoms with Crippen LogP contribution in [0.3, 0.4) is 0 Å². The highest BCUT2D eigenvalue weighted by atomic mass is 16.7. The Morgan fingerprint density at radius 1 is 1.05 bits per heavy atom. The van der Waals surface area contributed by atoms with E-state index in [1.54, 1.807) is 18.2 Å². The zero-order valence-corrected chi connectivity index (χ0v) is 9.72. The molecule has 0 aliphatic carbocycles. The molecule has 0 saturated carbocycles. The first-order chi connectivity index (χ1) is 9.08. The molecule has 2 rings (SSSR count). The van der Waals surface area contributed by atoms with E-state index in [1.807, 2.05) is 0 Å². The molecule has 2 aromatic rings. The Morgan fingerprint density at radius 3 is 2.32 bits per heavy atom. The molecule has 0 amide bonds. The minimum Gasteiger partial charge on any atom is -0.507 e. The van der Waals surface area contributed by atoms with Gasteiger partial charge in [0.25, 0.3) is 0 Å². The third-order valence-electron chi connectivity index (χ3n) is 2.31. The van der Waals surface area contributed by atoms with Crippen molar-refractivity contribution in [3.63, 3.8) is 0 Å². The van der Waals surface area contributed by atoms with Gasteiger partial charge in [0, 0.05) is 23.8 Å². The van der Waals surface area contributed by atoms with Crippen LogP contribution in [0, 0.1) is 0 Å². The van der Waals surface area contributed by atoms with Crippen LogP contribution in [-0.4, -0.2) is 26.0 Å². The molecule has 3 N–H and O–H groups in total. The largest absolute Gasteiger partial charge is 0.507 e. The fraction of sp³-hybridized carbons (Fsp3) is 0. The number of rotatable bonds is 3. The van der Waals surface area contributed by atoms with E-state index in [-0.39, 0.29) is 5.75 Å². The lowest BCUT2D eigenvalue weighted by Crippen LogP contribution is -2.16. The zero-order chi connectivity index (χ0) is 13.8. The molecule has 0 aliphatic rings. The van der Waals surface area contributed by atoms with Crippen molar-refractivity contribution in [2.24, 2.45) is 0 Å². The molecular formula is C13H11NO5.